The molecule has 2 amide bonds. The summed E-state index contributed by atoms with van der Waals surface area (Å²) in [4.78, 5) is 26.6. The van der Waals surface area contributed by atoms with Crippen molar-refractivity contribution in [2.75, 3.05) is 31.3 Å². The van der Waals surface area contributed by atoms with Crippen molar-refractivity contribution in [1.29, 1.82) is 0 Å². The molecule has 0 saturated heterocycles. The molecule has 10 heteroatoms. The van der Waals surface area contributed by atoms with Crippen LogP contribution in [0.3, 0.4) is 0 Å². The first kappa shape index (κ1) is 24.1. The number of carbonyl (C=O) groups is 2. The summed E-state index contributed by atoms with van der Waals surface area (Å²) in [6.45, 7) is 0.698. The van der Waals surface area contributed by atoms with Crippen LogP contribution in [0, 0.1) is 5.82 Å². The Hall–Kier alpha value is -3.14. The molecule has 31 heavy (non-hydrogen) atoms. The van der Waals surface area contributed by atoms with Gasteiger partial charge in [-0.25, -0.2) is 12.8 Å². The fourth-order valence-corrected chi connectivity index (χ4v) is 3.89. The molecule has 168 valence electrons. The summed E-state index contributed by atoms with van der Waals surface area (Å²) in [5.74, 6) is -1.40. The Bertz CT molecular complexity index is 1040. The van der Waals surface area contributed by atoms with Crippen LogP contribution in [0.15, 0.2) is 48.5 Å². The number of likely N-dealkylation sites (N-methyl/N-ethyl adjacent to an activating group) is 1. The number of benzene rings is 2. The number of rotatable bonds is 9. The van der Waals surface area contributed by atoms with Crippen LogP contribution in [-0.2, 0) is 26.2 Å². The Kier molecular flexibility index (Phi) is 7.98. The fraction of sp³-hybridized carbons (Fsp3) is 0.333. The Morgan fingerprint density at radius 2 is 1.74 bits per heavy atom. The predicted octanol–water partition coefficient (Wildman–Crippen LogP) is 1.76. The van der Waals surface area contributed by atoms with Gasteiger partial charge >= 0.3 is 0 Å². The van der Waals surface area contributed by atoms with Gasteiger partial charge in [-0.1, -0.05) is 30.3 Å². The molecular weight excluding hydrogens is 425 g/mol. The van der Waals surface area contributed by atoms with Crippen molar-refractivity contribution in [2.45, 2.75) is 19.5 Å². The van der Waals surface area contributed by atoms with Gasteiger partial charge < -0.3 is 15.0 Å². The molecule has 0 aliphatic carbocycles. The lowest BCUT2D eigenvalue weighted by Gasteiger charge is -2.31. The van der Waals surface area contributed by atoms with Crippen LogP contribution >= 0.6 is 0 Å². The van der Waals surface area contributed by atoms with Gasteiger partial charge in [0.1, 0.15) is 24.2 Å². The van der Waals surface area contributed by atoms with E-state index in [1.807, 2.05) is 0 Å². The van der Waals surface area contributed by atoms with Crippen LogP contribution in [0.5, 0.6) is 5.75 Å². The molecule has 0 fully saturated rings. The van der Waals surface area contributed by atoms with Crippen LogP contribution in [0.25, 0.3) is 0 Å². The molecule has 2 aromatic rings. The summed E-state index contributed by atoms with van der Waals surface area (Å²) >= 11 is 0. The molecule has 1 N–H and O–H groups in total. The van der Waals surface area contributed by atoms with Gasteiger partial charge in [-0.05, 0) is 25.1 Å². The minimum Gasteiger partial charge on any atom is -0.495 e. The van der Waals surface area contributed by atoms with E-state index in [0.717, 1.165) is 15.5 Å². The third kappa shape index (κ3) is 5.94. The average molecular weight is 452 g/mol. The molecular formula is C21H26FN3O5S. The Labute approximate surface area is 181 Å². The molecule has 0 radical (unpaired) electrons. The summed E-state index contributed by atoms with van der Waals surface area (Å²) in [6.07, 6.45) is 0.968. The third-order valence-corrected chi connectivity index (χ3v) is 5.87. The van der Waals surface area contributed by atoms with Gasteiger partial charge in [0.15, 0.2) is 0 Å². The molecule has 0 spiro atoms. The van der Waals surface area contributed by atoms with Crippen molar-refractivity contribution < 1.29 is 27.1 Å². The molecule has 0 aliphatic rings. The summed E-state index contributed by atoms with van der Waals surface area (Å²) in [5.41, 5.74) is 0.383. The average Bonchev–Trinajstić information content (AvgIpc) is 2.74. The van der Waals surface area contributed by atoms with Crippen molar-refractivity contribution in [3.8, 4) is 5.75 Å². The second-order valence-electron chi connectivity index (χ2n) is 6.84. The van der Waals surface area contributed by atoms with Crippen LogP contribution in [0.2, 0.25) is 0 Å². The van der Waals surface area contributed by atoms with E-state index in [-0.39, 0.29) is 23.5 Å². The van der Waals surface area contributed by atoms with Crippen LogP contribution in [0.4, 0.5) is 10.1 Å². The molecule has 2 aromatic carbocycles. The zero-order valence-corrected chi connectivity index (χ0v) is 18.6. The van der Waals surface area contributed by atoms with E-state index in [0.29, 0.717) is 0 Å². The lowest BCUT2D eigenvalue weighted by Crippen LogP contribution is -2.50. The first-order valence-corrected chi connectivity index (χ1v) is 11.3. The lowest BCUT2D eigenvalue weighted by atomic mass is 10.1. The number of methoxy groups -OCH3 is 1. The maximum Gasteiger partial charge on any atom is 0.244 e. The summed E-state index contributed by atoms with van der Waals surface area (Å²) < 4.78 is 45.3. The van der Waals surface area contributed by atoms with E-state index in [1.165, 1.54) is 45.3 Å². The smallest absolute Gasteiger partial charge is 0.244 e. The number of nitrogens with one attached hydrogen (secondary N) is 1. The van der Waals surface area contributed by atoms with E-state index in [9.17, 15) is 22.4 Å². The largest absolute Gasteiger partial charge is 0.495 e. The molecule has 0 aliphatic heterocycles. The van der Waals surface area contributed by atoms with Crippen molar-refractivity contribution in [2.24, 2.45) is 0 Å². The van der Waals surface area contributed by atoms with Gasteiger partial charge in [0.25, 0.3) is 0 Å². The van der Waals surface area contributed by atoms with E-state index in [4.69, 9.17) is 4.74 Å². The standard InChI is InChI=1S/C21H26FN3O5S/c1-15(21(27)23-2)24(13-16-9-5-6-10-17(16)22)20(26)14-25(31(4,28)29)18-11-7-8-12-19(18)30-3/h5-12,15H,13-14H2,1-4H3,(H,23,27)/t15-/m0/s1. The SMILES string of the molecule is CNC(=O)[C@H](C)N(Cc1ccccc1F)C(=O)CN(c1ccccc1OC)S(C)(=O)=O. The van der Waals surface area contributed by atoms with Gasteiger partial charge in [-0.3, -0.25) is 13.9 Å². The summed E-state index contributed by atoms with van der Waals surface area (Å²) in [7, 11) is -1.07. The number of sulfonamides is 1. The topological polar surface area (TPSA) is 96.0 Å². The highest BCUT2D eigenvalue weighted by Gasteiger charge is 2.31. The normalized spacial score (nSPS) is 12.0. The predicted molar refractivity (Wildman–Crippen MR) is 116 cm³/mol. The van der Waals surface area contributed by atoms with Crippen molar-refractivity contribution >= 4 is 27.5 Å². The lowest BCUT2D eigenvalue weighted by molar-refractivity contribution is -0.139. The zero-order chi connectivity index (χ0) is 23.2. The van der Waals surface area contributed by atoms with Gasteiger partial charge in [0.2, 0.25) is 21.8 Å². The number of nitrogens with zero attached hydrogens (tertiary/aromatic N) is 2. The Morgan fingerprint density at radius 3 is 2.32 bits per heavy atom. The first-order valence-electron chi connectivity index (χ1n) is 9.45. The van der Waals surface area contributed by atoms with Gasteiger partial charge in [0, 0.05) is 19.2 Å². The Balaban J connectivity index is 2.44. The maximum absolute atomic E-state index is 14.2. The van der Waals surface area contributed by atoms with Gasteiger partial charge in [-0.15, -0.1) is 0 Å². The third-order valence-electron chi connectivity index (χ3n) is 4.75. The summed E-state index contributed by atoms with van der Waals surface area (Å²) in [6, 6.07) is 11.3. The van der Waals surface area contributed by atoms with Crippen LogP contribution < -0.4 is 14.4 Å². The molecule has 0 bridgehead atoms. The van der Waals surface area contributed by atoms with Crippen LogP contribution in [0.1, 0.15) is 12.5 Å². The number of carbonyl (C=O) groups excluding carboxylic acids is 2. The number of ether oxygens (including phenoxy) is 1. The molecule has 1 atom stereocenters. The van der Waals surface area contributed by atoms with Crippen molar-refractivity contribution in [3.05, 3.63) is 59.9 Å². The molecule has 2 rings (SSSR count). The number of anilines is 1. The number of amides is 2. The van der Waals surface area contributed by atoms with E-state index in [1.54, 1.807) is 24.3 Å². The van der Waals surface area contributed by atoms with E-state index in [2.05, 4.69) is 5.32 Å². The van der Waals surface area contributed by atoms with Crippen molar-refractivity contribution in [1.82, 2.24) is 10.2 Å². The fourth-order valence-electron chi connectivity index (χ4n) is 3.03. The minimum absolute atomic E-state index is 0.180. The quantitative estimate of drug-likeness (QED) is 0.627. The van der Waals surface area contributed by atoms with Crippen LogP contribution in [-0.4, -0.2) is 58.1 Å². The van der Waals surface area contributed by atoms with Gasteiger partial charge in [-0.2, -0.15) is 0 Å². The molecule has 0 saturated carbocycles. The second-order valence-corrected chi connectivity index (χ2v) is 8.75. The number of para-hydroxylation sites is 2. The highest BCUT2D eigenvalue weighted by Crippen LogP contribution is 2.29. The van der Waals surface area contributed by atoms with E-state index < -0.39 is 40.2 Å². The molecule has 8 nitrogen and oxygen atoms in total. The highest BCUT2D eigenvalue weighted by molar-refractivity contribution is 7.92. The minimum atomic E-state index is -3.88. The zero-order valence-electron chi connectivity index (χ0n) is 17.8. The number of hydrogen-bond acceptors (Lipinski definition) is 5. The first-order chi connectivity index (χ1) is 14.6. The second kappa shape index (κ2) is 10.3. The molecule has 0 aromatic heterocycles. The van der Waals surface area contributed by atoms with E-state index >= 15 is 0 Å². The Morgan fingerprint density at radius 1 is 1.13 bits per heavy atom. The summed E-state index contributed by atoms with van der Waals surface area (Å²) in [5, 5.41) is 2.46. The maximum atomic E-state index is 14.2. The van der Waals surface area contributed by atoms with Gasteiger partial charge in [0.05, 0.1) is 19.1 Å². The molecule has 0 unspecified atom stereocenters. The monoisotopic (exact) mass is 451 g/mol. The molecule has 0 heterocycles. The van der Waals surface area contributed by atoms with Crippen molar-refractivity contribution in [3.63, 3.8) is 0 Å². The highest BCUT2D eigenvalue weighted by atomic mass is 32.2. The number of hydrogen-bond donors (Lipinski definition) is 1. The number of halogens is 1.